The van der Waals surface area contributed by atoms with E-state index in [1.54, 1.807) is 24.3 Å². The number of rotatable bonds is 9. The molecule has 0 aliphatic carbocycles. The molecule has 5 nitrogen and oxygen atoms in total. The number of nitrogens with one attached hydrogen (secondary N) is 1. The maximum atomic E-state index is 11.9. The summed E-state index contributed by atoms with van der Waals surface area (Å²) in [4.78, 5) is 11.9. The van der Waals surface area contributed by atoms with Crippen molar-refractivity contribution in [3.63, 3.8) is 0 Å². The first-order valence-corrected chi connectivity index (χ1v) is 7.29. The topological polar surface area (TPSA) is 88.1 Å². The van der Waals surface area contributed by atoms with Gasteiger partial charge in [0.2, 0.25) is 5.91 Å². The van der Waals surface area contributed by atoms with Gasteiger partial charge in [0.1, 0.15) is 11.8 Å². The molecule has 0 aromatic heterocycles. The van der Waals surface area contributed by atoms with Crippen molar-refractivity contribution in [3.8, 4) is 11.8 Å². The average molecular weight is 289 g/mol. The SMILES string of the molecule is CCC(CCN)CCC(=O)Nc1ccc(OCC#N)cc1. The van der Waals surface area contributed by atoms with E-state index in [4.69, 9.17) is 15.7 Å². The largest absolute Gasteiger partial charge is 0.479 e. The molecular weight excluding hydrogens is 266 g/mol. The Bertz CT molecular complexity index is 465. The monoisotopic (exact) mass is 289 g/mol. The number of hydrogen-bond donors (Lipinski definition) is 2. The van der Waals surface area contributed by atoms with Crippen LogP contribution in [0.3, 0.4) is 0 Å². The van der Waals surface area contributed by atoms with Crippen LogP contribution in [-0.2, 0) is 4.79 Å². The molecule has 0 bridgehead atoms. The Morgan fingerprint density at radius 2 is 2.10 bits per heavy atom. The fourth-order valence-electron chi connectivity index (χ4n) is 2.10. The van der Waals surface area contributed by atoms with E-state index in [1.165, 1.54) is 0 Å². The fraction of sp³-hybridized carbons (Fsp3) is 0.500. The Balaban J connectivity index is 2.38. The molecule has 0 heterocycles. The van der Waals surface area contributed by atoms with Crippen LogP contribution < -0.4 is 15.8 Å². The summed E-state index contributed by atoms with van der Waals surface area (Å²) in [7, 11) is 0. The third-order valence-corrected chi connectivity index (χ3v) is 3.37. The number of benzene rings is 1. The minimum Gasteiger partial charge on any atom is -0.479 e. The minimum atomic E-state index is 0.0103. The molecule has 0 saturated heterocycles. The molecule has 21 heavy (non-hydrogen) atoms. The first-order valence-electron chi connectivity index (χ1n) is 7.29. The second-order valence-corrected chi connectivity index (χ2v) is 4.91. The van der Waals surface area contributed by atoms with Crippen LogP contribution in [0.25, 0.3) is 0 Å². The first-order chi connectivity index (χ1) is 10.2. The lowest BCUT2D eigenvalue weighted by Gasteiger charge is -2.13. The summed E-state index contributed by atoms with van der Waals surface area (Å²) < 4.78 is 5.15. The third-order valence-electron chi connectivity index (χ3n) is 3.37. The number of anilines is 1. The predicted octanol–water partition coefficient (Wildman–Crippen LogP) is 2.68. The highest BCUT2D eigenvalue weighted by atomic mass is 16.5. The van der Waals surface area contributed by atoms with Crippen LogP contribution in [-0.4, -0.2) is 19.1 Å². The fourth-order valence-corrected chi connectivity index (χ4v) is 2.10. The van der Waals surface area contributed by atoms with Gasteiger partial charge < -0.3 is 15.8 Å². The van der Waals surface area contributed by atoms with Crippen molar-refractivity contribution < 1.29 is 9.53 Å². The summed E-state index contributed by atoms with van der Waals surface area (Å²) in [5.74, 6) is 1.14. The predicted molar refractivity (Wildman–Crippen MR) is 82.9 cm³/mol. The number of hydrogen-bond acceptors (Lipinski definition) is 4. The maximum Gasteiger partial charge on any atom is 0.224 e. The van der Waals surface area contributed by atoms with E-state index < -0.39 is 0 Å². The van der Waals surface area contributed by atoms with E-state index in [9.17, 15) is 4.79 Å². The molecule has 5 heteroatoms. The molecular formula is C16H23N3O2. The van der Waals surface area contributed by atoms with E-state index in [-0.39, 0.29) is 12.5 Å². The van der Waals surface area contributed by atoms with Crippen molar-refractivity contribution in [2.45, 2.75) is 32.6 Å². The number of nitrogens with zero attached hydrogens (tertiary/aromatic N) is 1. The molecule has 0 aliphatic rings. The van der Waals surface area contributed by atoms with Crippen LogP contribution in [0.2, 0.25) is 0 Å². The Hall–Kier alpha value is -2.06. The maximum absolute atomic E-state index is 11.9. The summed E-state index contributed by atoms with van der Waals surface area (Å²) in [6.07, 6.45) is 3.39. The van der Waals surface area contributed by atoms with Crippen LogP contribution >= 0.6 is 0 Å². The van der Waals surface area contributed by atoms with Crippen molar-refractivity contribution in [2.75, 3.05) is 18.5 Å². The Kier molecular flexibility index (Phi) is 7.92. The highest BCUT2D eigenvalue weighted by Gasteiger charge is 2.09. The van der Waals surface area contributed by atoms with Gasteiger partial charge in [0.15, 0.2) is 6.61 Å². The Morgan fingerprint density at radius 1 is 1.38 bits per heavy atom. The smallest absolute Gasteiger partial charge is 0.224 e. The van der Waals surface area contributed by atoms with Crippen molar-refractivity contribution >= 4 is 11.6 Å². The molecule has 1 unspecified atom stereocenters. The van der Waals surface area contributed by atoms with E-state index in [0.717, 1.165) is 24.9 Å². The summed E-state index contributed by atoms with van der Waals surface area (Å²) in [5.41, 5.74) is 6.28. The van der Waals surface area contributed by atoms with Gasteiger partial charge in [-0.25, -0.2) is 0 Å². The molecule has 3 N–H and O–H groups in total. The van der Waals surface area contributed by atoms with Gasteiger partial charge in [-0.1, -0.05) is 13.3 Å². The second-order valence-electron chi connectivity index (χ2n) is 4.91. The molecule has 0 saturated carbocycles. The summed E-state index contributed by atoms with van der Waals surface area (Å²) >= 11 is 0. The van der Waals surface area contributed by atoms with Crippen LogP contribution in [0.4, 0.5) is 5.69 Å². The lowest BCUT2D eigenvalue weighted by Crippen LogP contribution is -2.15. The number of nitrogens with two attached hydrogens (primary N) is 1. The molecule has 1 aromatic carbocycles. The van der Waals surface area contributed by atoms with E-state index in [0.29, 0.717) is 24.6 Å². The van der Waals surface area contributed by atoms with E-state index in [1.807, 2.05) is 6.07 Å². The zero-order valence-electron chi connectivity index (χ0n) is 12.5. The summed E-state index contributed by atoms with van der Waals surface area (Å²) in [6, 6.07) is 8.90. The molecule has 1 rings (SSSR count). The quantitative estimate of drug-likeness (QED) is 0.731. The van der Waals surface area contributed by atoms with Crippen LogP contribution in [0.5, 0.6) is 5.75 Å². The lowest BCUT2D eigenvalue weighted by molar-refractivity contribution is -0.116. The van der Waals surface area contributed by atoms with Crippen molar-refractivity contribution in [3.05, 3.63) is 24.3 Å². The second kappa shape index (κ2) is 9.78. The third kappa shape index (κ3) is 6.77. The van der Waals surface area contributed by atoms with Gasteiger partial charge in [-0.3, -0.25) is 4.79 Å². The molecule has 1 aromatic rings. The summed E-state index contributed by atoms with van der Waals surface area (Å²) in [5, 5.41) is 11.3. The highest BCUT2D eigenvalue weighted by Crippen LogP contribution is 2.18. The van der Waals surface area contributed by atoms with Gasteiger partial charge in [-0.15, -0.1) is 0 Å². The highest BCUT2D eigenvalue weighted by molar-refractivity contribution is 5.90. The van der Waals surface area contributed by atoms with Gasteiger partial charge in [0, 0.05) is 12.1 Å². The lowest BCUT2D eigenvalue weighted by atomic mass is 9.96. The first kappa shape index (κ1) is 17.0. The molecule has 1 atom stereocenters. The van der Waals surface area contributed by atoms with Crippen LogP contribution in [0.1, 0.15) is 32.6 Å². The number of nitriles is 1. The van der Waals surface area contributed by atoms with Gasteiger partial charge in [-0.05, 0) is 49.6 Å². The van der Waals surface area contributed by atoms with Gasteiger partial charge >= 0.3 is 0 Å². The van der Waals surface area contributed by atoms with Gasteiger partial charge in [0.25, 0.3) is 0 Å². The Morgan fingerprint density at radius 3 is 2.67 bits per heavy atom. The van der Waals surface area contributed by atoms with Crippen molar-refractivity contribution in [2.24, 2.45) is 11.7 Å². The van der Waals surface area contributed by atoms with Crippen molar-refractivity contribution in [1.82, 2.24) is 0 Å². The van der Waals surface area contributed by atoms with Crippen LogP contribution in [0, 0.1) is 17.2 Å². The van der Waals surface area contributed by atoms with Crippen LogP contribution in [0.15, 0.2) is 24.3 Å². The van der Waals surface area contributed by atoms with E-state index in [2.05, 4.69) is 12.2 Å². The molecule has 0 aliphatic heterocycles. The molecule has 0 radical (unpaired) electrons. The zero-order valence-corrected chi connectivity index (χ0v) is 12.5. The minimum absolute atomic E-state index is 0.0103. The zero-order chi connectivity index (χ0) is 15.5. The normalized spacial score (nSPS) is 11.5. The van der Waals surface area contributed by atoms with Gasteiger partial charge in [0.05, 0.1) is 0 Å². The molecule has 114 valence electrons. The number of ether oxygens (including phenoxy) is 1. The molecule has 0 spiro atoms. The number of carbonyl (C=O) groups excluding carboxylic acids is 1. The van der Waals surface area contributed by atoms with Gasteiger partial charge in [-0.2, -0.15) is 5.26 Å². The number of amides is 1. The summed E-state index contributed by atoms with van der Waals surface area (Å²) in [6.45, 7) is 2.81. The van der Waals surface area contributed by atoms with E-state index >= 15 is 0 Å². The standard InChI is InChI=1S/C16H23N3O2/c1-2-13(9-10-17)3-8-16(20)19-14-4-6-15(7-5-14)21-12-11-18/h4-7,13H,2-3,8-10,12,17H2,1H3,(H,19,20). The number of carbonyl (C=O) groups is 1. The molecule has 0 fully saturated rings. The van der Waals surface area contributed by atoms with Crippen molar-refractivity contribution in [1.29, 1.82) is 5.26 Å². The Labute approximate surface area is 126 Å². The average Bonchev–Trinajstić information content (AvgIpc) is 2.50. The molecule has 1 amide bonds.